The SMILES string of the molecule is O=C(O)c1cc(Cl)cc2c1N[C@H](c1ccc(OC(F)(F)F)cc1)[C@@H]1[C@H]3CC[C@@H](C3)[C@@H]21. The number of halogens is 4. The summed E-state index contributed by atoms with van der Waals surface area (Å²) in [6.45, 7) is 0. The molecule has 2 aliphatic carbocycles. The van der Waals surface area contributed by atoms with Gasteiger partial charge in [-0.05, 0) is 78.3 Å². The summed E-state index contributed by atoms with van der Waals surface area (Å²) in [7, 11) is 0. The Labute approximate surface area is 176 Å². The van der Waals surface area contributed by atoms with Crippen LogP contribution in [0.1, 0.15) is 52.7 Å². The van der Waals surface area contributed by atoms with Crippen LogP contribution in [0.25, 0.3) is 0 Å². The van der Waals surface area contributed by atoms with E-state index in [4.69, 9.17) is 11.6 Å². The number of nitrogens with one attached hydrogen (secondary N) is 1. The number of anilines is 1. The lowest BCUT2D eigenvalue weighted by atomic mass is 9.67. The Balaban J connectivity index is 1.57. The normalized spacial score (nSPS) is 29.1. The highest BCUT2D eigenvalue weighted by atomic mass is 35.5. The van der Waals surface area contributed by atoms with Crippen LogP contribution in [0.2, 0.25) is 5.02 Å². The number of fused-ring (bicyclic) bond motifs is 7. The highest BCUT2D eigenvalue weighted by Crippen LogP contribution is 2.64. The molecule has 2 bridgehead atoms. The van der Waals surface area contributed by atoms with Crippen LogP contribution in [-0.2, 0) is 0 Å². The fourth-order valence-electron chi connectivity index (χ4n) is 5.93. The molecule has 2 aromatic rings. The quantitative estimate of drug-likeness (QED) is 0.597. The monoisotopic (exact) mass is 437 g/mol. The van der Waals surface area contributed by atoms with E-state index in [0.29, 0.717) is 22.5 Å². The van der Waals surface area contributed by atoms with Crippen molar-refractivity contribution in [2.24, 2.45) is 17.8 Å². The van der Waals surface area contributed by atoms with Gasteiger partial charge < -0.3 is 15.2 Å². The van der Waals surface area contributed by atoms with Crippen molar-refractivity contribution in [1.29, 1.82) is 0 Å². The van der Waals surface area contributed by atoms with E-state index in [-0.39, 0.29) is 29.2 Å². The van der Waals surface area contributed by atoms with Crippen LogP contribution in [0.5, 0.6) is 5.75 Å². The second kappa shape index (κ2) is 6.80. The summed E-state index contributed by atoms with van der Waals surface area (Å²) in [5, 5.41) is 13.5. The lowest BCUT2D eigenvalue weighted by Gasteiger charge is -2.44. The number of carbonyl (C=O) groups is 1. The van der Waals surface area contributed by atoms with Crippen molar-refractivity contribution in [2.45, 2.75) is 37.6 Å². The summed E-state index contributed by atoms with van der Waals surface area (Å²) in [5.41, 5.74) is 2.47. The number of hydrogen-bond donors (Lipinski definition) is 2. The molecule has 2 N–H and O–H groups in total. The zero-order valence-corrected chi connectivity index (χ0v) is 16.5. The van der Waals surface area contributed by atoms with E-state index in [1.807, 2.05) is 6.07 Å². The van der Waals surface area contributed by atoms with Gasteiger partial charge in [0.15, 0.2) is 0 Å². The standard InChI is InChI=1S/C22H19ClF3NO3/c23-13-8-15-17-11-1-2-12(7-11)18(17)19(27-20(15)16(9-13)21(28)29)10-3-5-14(6-4-10)30-22(24,25)26/h3-6,8-9,11-12,17-19,27H,1-2,7H2,(H,28,29)/t11-,12-,17-,18+,19+/m0/s1. The number of rotatable bonds is 3. The van der Waals surface area contributed by atoms with E-state index in [2.05, 4.69) is 10.1 Å². The molecule has 0 saturated heterocycles. The number of carboxylic acid groups (broad SMARTS) is 1. The van der Waals surface area contributed by atoms with Gasteiger partial charge in [-0.25, -0.2) is 4.79 Å². The van der Waals surface area contributed by atoms with Gasteiger partial charge in [0.05, 0.1) is 17.3 Å². The molecule has 4 nitrogen and oxygen atoms in total. The molecule has 0 unspecified atom stereocenters. The van der Waals surface area contributed by atoms with Gasteiger partial charge in [0.25, 0.3) is 0 Å². The molecule has 0 aromatic heterocycles. The first-order valence-corrected chi connectivity index (χ1v) is 10.3. The lowest BCUT2D eigenvalue weighted by Crippen LogP contribution is -2.36. The highest BCUT2D eigenvalue weighted by Gasteiger charge is 2.54. The summed E-state index contributed by atoms with van der Waals surface area (Å²) < 4.78 is 41.5. The van der Waals surface area contributed by atoms with E-state index < -0.39 is 12.3 Å². The minimum absolute atomic E-state index is 0.126. The van der Waals surface area contributed by atoms with Crippen LogP contribution in [0.4, 0.5) is 18.9 Å². The summed E-state index contributed by atoms with van der Waals surface area (Å²) in [6.07, 6.45) is -1.45. The minimum Gasteiger partial charge on any atom is -0.478 e. The maximum absolute atomic E-state index is 12.5. The van der Waals surface area contributed by atoms with Gasteiger partial charge >= 0.3 is 12.3 Å². The Hall–Kier alpha value is -2.41. The molecular weight excluding hydrogens is 419 g/mol. The van der Waals surface area contributed by atoms with E-state index in [0.717, 1.165) is 30.4 Å². The van der Waals surface area contributed by atoms with Gasteiger partial charge in [-0.3, -0.25) is 0 Å². The predicted octanol–water partition coefficient (Wildman–Crippen LogP) is 6.23. The minimum atomic E-state index is -4.74. The van der Waals surface area contributed by atoms with E-state index in [1.165, 1.54) is 18.2 Å². The van der Waals surface area contributed by atoms with Gasteiger partial charge in [0.2, 0.25) is 0 Å². The van der Waals surface area contributed by atoms with E-state index >= 15 is 0 Å². The van der Waals surface area contributed by atoms with Crippen molar-refractivity contribution < 1.29 is 27.8 Å². The van der Waals surface area contributed by atoms with E-state index in [1.54, 1.807) is 12.1 Å². The number of hydrogen-bond acceptors (Lipinski definition) is 3. The molecule has 8 heteroatoms. The highest BCUT2D eigenvalue weighted by molar-refractivity contribution is 6.31. The molecule has 2 saturated carbocycles. The second-order valence-electron chi connectivity index (χ2n) is 8.40. The molecule has 3 aliphatic rings. The zero-order valence-electron chi connectivity index (χ0n) is 15.7. The number of ether oxygens (including phenoxy) is 1. The lowest BCUT2D eigenvalue weighted by molar-refractivity contribution is -0.274. The second-order valence-corrected chi connectivity index (χ2v) is 8.83. The first-order valence-electron chi connectivity index (χ1n) is 9.90. The van der Waals surface area contributed by atoms with Crippen molar-refractivity contribution in [2.75, 3.05) is 5.32 Å². The number of alkyl halides is 3. The first-order chi connectivity index (χ1) is 14.2. The summed E-state index contributed by atoms with van der Waals surface area (Å²) >= 11 is 6.25. The van der Waals surface area contributed by atoms with Crippen molar-refractivity contribution in [1.82, 2.24) is 0 Å². The predicted molar refractivity (Wildman–Crippen MR) is 105 cm³/mol. The Morgan fingerprint density at radius 2 is 1.83 bits per heavy atom. The molecule has 1 aliphatic heterocycles. The molecule has 5 atom stereocenters. The molecule has 30 heavy (non-hydrogen) atoms. The number of benzene rings is 2. The summed E-state index contributed by atoms with van der Waals surface area (Å²) in [6, 6.07) is 9.00. The van der Waals surface area contributed by atoms with Gasteiger partial charge in [-0.1, -0.05) is 23.7 Å². The number of carboxylic acids is 1. The van der Waals surface area contributed by atoms with Gasteiger partial charge in [0, 0.05) is 5.02 Å². The molecule has 0 radical (unpaired) electrons. The topological polar surface area (TPSA) is 58.6 Å². The molecular formula is C22H19ClF3NO3. The molecule has 0 amide bonds. The average molecular weight is 438 g/mol. The maximum atomic E-state index is 12.5. The van der Waals surface area contributed by atoms with Crippen LogP contribution >= 0.6 is 11.6 Å². The average Bonchev–Trinajstić information content (AvgIpc) is 3.29. The largest absolute Gasteiger partial charge is 0.573 e. The molecule has 2 aromatic carbocycles. The summed E-state index contributed by atoms with van der Waals surface area (Å²) in [5.74, 6) is 0.0550. The zero-order chi connectivity index (χ0) is 21.2. The van der Waals surface area contributed by atoms with Crippen molar-refractivity contribution in [3.63, 3.8) is 0 Å². The fourth-order valence-corrected chi connectivity index (χ4v) is 6.16. The third-order valence-electron chi connectivity index (χ3n) is 6.86. The molecule has 158 valence electrons. The van der Waals surface area contributed by atoms with Crippen LogP contribution in [0, 0.1) is 17.8 Å². The smallest absolute Gasteiger partial charge is 0.478 e. The Morgan fingerprint density at radius 3 is 2.50 bits per heavy atom. The molecule has 1 heterocycles. The third kappa shape index (κ3) is 3.20. The maximum Gasteiger partial charge on any atom is 0.573 e. The Kier molecular flexibility index (Phi) is 4.43. The molecule has 0 spiro atoms. The molecule has 2 fully saturated rings. The van der Waals surface area contributed by atoms with E-state index in [9.17, 15) is 23.1 Å². The Bertz CT molecular complexity index is 1010. The van der Waals surface area contributed by atoms with Crippen LogP contribution in [0.15, 0.2) is 36.4 Å². The third-order valence-corrected chi connectivity index (χ3v) is 7.08. The van der Waals surface area contributed by atoms with Crippen LogP contribution in [-0.4, -0.2) is 17.4 Å². The molecule has 5 rings (SSSR count). The van der Waals surface area contributed by atoms with Gasteiger partial charge in [-0.2, -0.15) is 0 Å². The van der Waals surface area contributed by atoms with Crippen molar-refractivity contribution in [3.05, 3.63) is 58.1 Å². The first kappa shape index (κ1) is 19.5. The summed E-state index contributed by atoms with van der Waals surface area (Å²) in [4.78, 5) is 11.9. The van der Waals surface area contributed by atoms with Gasteiger partial charge in [-0.15, -0.1) is 13.2 Å². The van der Waals surface area contributed by atoms with Gasteiger partial charge in [0.1, 0.15) is 5.75 Å². The fraction of sp³-hybridized carbons (Fsp3) is 0.409. The van der Waals surface area contributed by atoms with Crippen LogP contribution < -0.4 is 10.1 Å². The Morgan fingerprint density at radius 1 is 1.13 bits per heavy atom. The van der Waals surface area contributed by atoms with Crippen LogP contribution in [0.3, 0.4) is 0 Å². The number of aromatic carboxylic acids is 1. The van der Waals surface area contributed by atoms with Crippen molar-refractivity contribution in [3.8, 4) is 5.75 Å². The van der Waals surface area contributed by atoms with Crippen molar-refractivity contribution >= 4 is 23.3 Å².